The third-order valence-electron chi connectivity index (χ3n) is 3.94. The van der Waals surface area contributed by atoms with Gasteiger partial charge in [-0.05, 0) is 30.3 Å². The third kappa shape index (κ3) is 5.35. The van der Waals surface area contributed by atoms with Crippen molar-refractivity contribution in [2.45, 2.75) is 13.2 Å². The number of rotatable bonds is 7. The normalized spacial score (nSPS) is 10.6. The minimum atomic E-state index is 0.212. The third-order valence-corrected chi connectivity index (χ3v) is 4.80. The van der Waals surface area contributed by atoms with E-state index < -0.39 is 0 Å². The molecule has 0 spiro atoms. The Morgan fingerprint density at radius 3 is 2.54 bits per heavy atom. The van der Waals surface area contributed by atoms with Crippen LogP contribution in [0.4, 0.5) is 0 Å². The molecule has 0 aliphatic carbocycles. The maximum absolute atomic E-state index is 9.12. The van der Waals surface area contributed by atoms with Crippen molar-refractivity contribution < 1.29 is 9.57 Å². The summed E-state index contributed by atoms with van der Waals surface area (Å²) < 4.78 is 6.81. The molecule has 0 aliphatic rings. The molecule has 3 aromatic rings. The summed E-state index contributed by atoms with van der Waals surface area (Å²) in [5, 5.41) is 13.8. The van der Waals surface area contributed by atoms with Crippen molar-refractivity contribution in [3.8, 4) is 11.8 Å². The van der Waals surface area contributed by atoms with Crippen LogP contribution in [0.15, 0.2) is 76.4 Å². The fraction of sp³-hybridized carbons (Fsp3) is 0.0909. The average Bonchev–Trinajstić information content (AvgIpc) is 2.72. The molecule has 3 aromatic carbocycles. The number of nitrogens with zero attached hydrogens (tertiary/aromatic N) is 2. The summed E-state index contributed by atoms with van der Waals surface area (Å²) in [6, 6.07) is 22.6. The van der Waals surface area contributed by atoms with Crippen LogP contribution in [0.1, 0.15) is 22.3 Å². The van der Waals surface area contributed by atoms with Gasteiger partial charge >= 0.3 is 0 Å². The Bertz CT molecular complexity index is 1030. The Kier molecular flexibility index (Phi) is 7.07. The monoisotopic (exact) mass is 454 g/mol. The summed E-state index contributed by atoms with van der Waals surface area (Å²) in [5.74, 6) is 0.660. The van der Waals surface area contributed by atoms with Crippen LogP contribution in [0.5, 0.6) is 5.75 Å². The highest BCUT2D eigenvalue weighted by Gasteiger charge is 2.06. The molecule has 4 nitrogen and oxygen atoms in total. The lowest BCUT2D eigenvalue weighted by atomic mass is 10.1. The topological polar surface area (TPSA) is 54.6 Å². The van der Waals surface area contributed by atoms with Gasteiger partial charge in [0.25, 0.3) is 0 Å². The van der Waals surface area contributed by atoms with Crippen LogP contribution in [-0.2, 0) is 18.1 Å². The molecule has 0 radical (unpaired) electrons. The minimum absolute atomic E-state index is 0.212. The Labute approximate surface area is 177 Å². The van der Waals surface area contributed by atoms with Crippen LogP contribution in [-0.4, -0.2) is 6.21 Å². The number of nitriles is 1. The molecule has 0 bridgehead atoms. The SMILES string of the molecule is N#Cc1ccccc1CO/N=C\c1cc(Br)ccc1OCc1ccccc1Cl. The standard InChI is InChI=1S/C22H16BrClN2O2/c23-20-9-10-22(27-14-18-7-3-4-8-21(18)24)19(11-20)13-26-28-15-17-6-2-1-5-16(17)12-25/h1-11,13H,14-15H2/b26-13-. The second kappa shape index (κ2) is 9.93. The van der Waals surface area contributed by atoms with Crippen molar-refractivity contribution in [1.82, 2.24) is 0 Å². The second-order valence-electron chi connectivity index (χ2n) is 5.84. The zero-order chi connectivity index (χ0) is 19.8. The molecule has 3 rings (SSSR count). The zero-order valence-corrected chi connectivity index (χ0v) is 17.2. The second-order valence-corrected chi connectivity index (χ2v) is 7.16. The lowest BCUT2D eigenvalue weighted by Crippen LogP contribution is -1.99. The van der Waals surface area contributed by atoms with Crippen molar-refractivity contribution in [3.05, 3.63) is 98.5 Å². The molecule has 0 unspecified atom stereocenters. The van der Waals surface area contributed by atoms with Crippen LogP contribution in [0.3, 0.4) is 0 Å². The summed E-state index contributed by atoms with van der Waals surface area (Å²) in [6.07, 6.45) is 1.59. The predicted octanol–water partition coefficient (Wildman–Crippen LogP) is 6.10. The van der Waals surface area contributed by atoms with E-state index in [2.05, 4.69) is 27.2 Å². The van der Waals surface area contributed by atoms with E-state index >= 15 is 0 Å². The van der Waals surface area contributed by atoms with E-state index in [1.165, 1.54) is 0 Å². The van der Waals surface area contributed by atoms with Gasteiger partial charge in [0.15, 0.2) is 0 Å². The predicted molar refractivity (Wildman–Crippen MR) is 113 cm³/mol. The van der Waals surface area contributed by atoms with Crippen molar-refractivity contribution in [3.63, 3.8) is 0 Å². The van der Waals surface area contributed by atoms with Gasteiger partial charge in [0, 0.05) is 26.2 Å². The van der Waals surface area contributed by atoms with Gasteiger partial charge in [0.05, 0.1) is 17.8 Å². The van der Waals surface area contributed by atoms with E-state index in [9.17, 15) is 0 Å². The molecule has 0 amide bonds. The highest BCUT2D eigenvalue weighted by atomic mass is 79.9. The summed E-state index contributed by atoms with van der Waals surface area (Å²) in [4.78, 5) is 5.37. The highest BCUT2D eigenvalue weighted by Crippen LogP contribution is 2.24. The van der Waals surface area contributed by atoms with Crippen LogP contribution >= 0.6 is 27.5 Å². The Balaban J connectivity index is 1.67. The van der Waals surface area contributed by atoms with Gasteiger partial charge in [0.1, 0.15) is 19.0 Å². The lowest BCUT2D eigenvalue weighted by Gasteiger charge is -2.10. The van der Waals surface area contributed by atoms with Gasteiger partial charge in [-0.3, -0.25) is 0 Å². The Hall–Kier alpha value is -2.81. The Morgan fingerprint density at radius 2 is 1.75 bits per heavy atom. The van der Waals surface area contributed by atoms with E-state index in [-0.39, 0.29) is 6.61 Å². The molecule has 140 valence electrons. The molecule has 6 heteroatoms. The zero-order valence-electron chi connectivity index (χ0n) is 14.8. The van der Waals surface area contributed by atoms with Crippen molar-refractivity contribution >= 4 is 33.7 Å². The van der Waals surface area contributed by atoms with Gasteiger partial charge in [0.2, 0.25) is 0 Å². The average molecular weight is 456 g/mol. The molecule has 0 atom stereocenters. The highest BCUT2D eigenvalue weighted by molar-refractivity contribution is 9.10. The van der Waals surface area contributed by atoms with Crippen molar-refractivity contribution in [2.24, 2.45) is 5.16 Å². The molecule has 0 aromatic heterocycles. The number of hydrogen-bond acceptors (Lipinski definition) is 4. The lowest BCUT2D eigenvalue weighted by molar-refractivity contribution is 0.132. The number of ether oxygens (including phenoxy) is 1. The first-order valence-corrected chi connectivity index (χ1v) is 9.63. The molecule has 0 heterocycles. The van der Waals surface area contributed by atoms with Gasteiger partial charge in [-0.25, -0.2) is 0 Å². The first kappa shape index (κ1) is 19.9. The molecule has 0 saturated carbocycles. The molecule has 28 heavy (non-hydrogen) atoms. The fourth-order valence-corrected chi connectivity index (χ4v) is 3.05. The first-order valence-electron chi connectivity index (χ1n) is 8.46. The first-order chi connectivity index (χ1) is 13.7. The minimum Gasteiger partial charge on any atom is -0.488 e. The van der Waals surface area contributed by atoms with E-state index in [1.807, 2.05) is 60.7 Å². The number of benzene rings is 3. The molecule has 0 fully saturated rings. The molecular formula is C22H16BrClN2O2. The van der Waals surface area contributed by atoms with Gasteiger partial charge in [-0.2, -0.15) is 5.26 Å². The van der Waals surface area contributed by atoms with Crippen LogP contribution < -0.4 is 4.74 Å². The maximum Gasteiger partial charge on any atom is 0.143 e. The molecular weight excluding hydrogens is 440 g/mol. The largest absolute Gasteiger partial charge is 0.488 e. The van der Waals surface area contributed by atoms with E-state index in [0.717, 1.165) is 21.2 Å². The van der Waals surface area contributed by atoms with Gasteiger partial charge < -0.3 is 9.57 Å². The maximum atomic E-state index is 9.12. The van der Waals surface area contributed by atoms with E-state index in [0.29, 0.717) is 22.9 Å². The van der Waals surface area contributed by atoms with Gasteiger partial charge in [-0.1, -0.05) is 69.1 Å². The fourth-order valence-electron chi connectivity index (χ4n) is 2.48. The summed E-state index contributed by atoms with van der Waals surface area (Å²) in [7, 11) is 0. The van der Waals surface area contributed by atoms with Crippen molar-refractivity contribution in [2.75, 3.05) is 0 Å². The van der Waals surface area contributed by atoms with Crippen LogP contribution in [0.25, 0.3) is 0 Å². The quantitative estimate of drug-likeness (QED) is 0.319. The van der Waals surface area contributed by atoms with Gasteiger partial charge in [-0.15, -0.1) is 0 Å². The summed E-state index contributed by atoms with van der Waals surface area (Å²) in [5.41, 5.74) is 3.02. The van der Waals surface area contributed by atoms with Crippen LogP contribution in [0.2, 0.25) is 5.02 Å². The number of hydrogen-bond donors (Lipinski definition) is 0. The Morgan fingerprint density at radius 1 is 1.00 bits per heavy atom. The van der Waals surface area contributed by atoms with Crippen molar-refractivity contribution in [1.29, 1.82) is 5.26 Å². The number of oxime groups is 1. The summed E-state index contributed by atoms with van der Waals surface area (Å²) in [6.45, 7) is 0.558. The smallest absolute Gasteiger partial charge is 0.143 e. The molecule has 0 N–H and O–H groups in total. The van der Waals surface area contributed by atoms with E-state index in [4.69, 9.17) is 26.4 Å². The molecule has 0 aliphatic heterocycles. The number of halogens is 2. The van der Waals surface area contributed by atoms with Crippen LogP contribution in [0, 0.1) is 11.3 Å². The van der Waals surface area contributed by atoms with E-state index in [1.54, 1.807) is 12.3 Å². The molecule has 0 saturated heterocycles. The summed E-state index contributed by atoms with van der Waals surface area (Å²) >= 11 is 9.64.